The summed E-state index contributed by atoms with van der Waals surface area (Å²) in [6.07, 6.45) is 0.807. The van der Waals surface area contributed by atoms with Crippen LogP contribution in [0.2, 0.25) is 5.02 Å². The minimum atomic E-state index is -3.77. The van der Waals surface area contributed by atoms with Gasteiger partial charge in [0.25, 0.3) is 0 Å². The van der Waals surface area contributed by atoms with Crippen LogP contribution in [0.4, 0.5) is 4.79 Å². The van der Waals surface area contributed by atoms with Gasteiger partial charge in [-0.1, -0.05) is 35.8 Å². The molecule has 2 N–H and O–H groups in total. The highest BCUT2D eigenvalue weighted by atomic mass is 35.5. The molecule has 8 nitrogen and oxygen atoms in total. The van der Waals surface area contributed by atoms with Gasteiger partial charge in [0, 0.05) is 11.6 Å². The van der Waals surface area contributed by atoms with Crippen LogP contribution in [0.15, 0.2) is 33.9 Å². The van der Waals surface area contributed by atoms with Crippen molar-refractivity contribution in [3.8, 4) is 0 Å². The Morgan fingerprint density at radius 3 is 2.58 bits per heavy atom. The number of carbonyl (C=O) groups is 1. The Labute approximate surface area is 144 Å². The highest BCUT2D eigenvalue weighted by Crippen LogP contribution is 2.17. The Balaban J connectivity index is 1.98. The summed E-state index contributed by atoms with van der Waals surface area (Å²) in [5.41, 5.74) is 0.552. The SMILES string of the molecule is CCCNC(=O)NCc1nnc(S(=O)(=O)Cc2ccc(Cl)cc2)o1. The number of rotatable bonds is 7. The summed E-state index contributed by atoms with van der Waals surface area (Å²) in [6, 6.07) is 6.03. The highest BCUT2D eigenvalue weighted by molar-refractivity contribution is 7.90. The molecule has 0 spiro atoms. The Bertz CT molecular complexity index is 789. The predicted octanol–water partition coefficient (Wildman–Crippen LogP) is 1.91. The van der Waals surface area contributed by atoms with Gasteiger partial charge < -0.3 is 15.1 Å². The minimum absolute atomic E-state index is 0.0105. The molecule has 0 atom stereocenters. The summed E-state index contributed by atoms with van der Waals surface area (Å²) in [4.78, 5) is 11.4. The molecule has 0 saturated heterocycles. The normalized spacial score (nSPS) is 11.2. The summed E-state index contributed by atoms with van der Waals surface area (Å²) < 4.78 is 29.6. The summed E-state index contributed by atoms with van der Waals surface area (Å²) in [6.45, 7) is 2.41. The third-order valence-electron chi connectivity index (χ3n) is 2.92. The van der Waals surface area contributed by atoms with E-state index in [1.165, 1.54) is 0 Å². The maximum Gasteiger partial charge on any atom is 0.335 e. The van der Waals surface area contributed by atoms with Gasteiger partial charge in [0.2, 0.25) is 15.7 Å². The molecular weight excluding hydrogens is 356 g/mol. The standard InChI is InChI=1S/C14H17ClN4O4S/c1-2-7-16-13(20)17-8-12-18-19-14(23-12)24(21,22)9-10-3-5-11(15)6-4-10/h3-6H,2,7-9H2,1H3,(H2,16,17,20). The first kappa shape index (κ1) is 18.2. The van der Waals surface area contributed by atoms with Gasteiger partial charge in [-0.15, -0.1) is 5.10 Å². The number of carbonyl (C=O) groups excluding carboxylic acids is 1. The van der Waals surface area contributed by atoms with Gasteiger partial charge >= 0.3 is 11.3 Å². The fourth-order valence-corrected chi connectivity index (χ4v) is 3.02. The van der Waals surface area contributed by atoms with Gasteiger partial charge in [-0.25, -0.2) is 13.2 Å². The highest BCUT2D eigenvalue weighted by Gasteiger charge is 2.23. The van der Waals surface area contributed by atoms with E-state index in [0.717, 1.165) is 6.42 Å². The van der Waals surface area contributed by atoms with Crippen LogP contribution in [-0.4, -0.2) is 31.2 Å². The topological polar surface area (TPSA) is 114 Å². The van der Waals surface area contributed by atoms with E-state index in [1.54, 1.807) is 24.3 Å². The fourth-order valence-electron chi connectivity index (χ4n) is 1.75. The molecule has 130 valence electrons. The minimum Gasteiger partial charge on any atom is -0.411 e. The number of amides is 2. The third-order valence-corrected chi connectivity index (χ3v) is 4.58. The zero-order valence-electron chi connectivity index (χ0n) is 13.0. The van der Waals surface area contributed by atoms with Gasteiger partial charge in [0.05, 0.1) is 12.3 Å². The van der Waals surface area contributed by atoms with Crippen molar-refractivity contribution in [3.63, 3.8) is 0 Å². The van der Waals surface area contributed by atoms with E-state index in [4.69, 9.17) is 16.0 Å². The molecule has 2 aromatic rings. The van der Waals surface area contributed by atoms with Crippen LogP contribution in [0.1, 0.15) is 24.8 Å². The van der Waals surface area contributed by atoms with Crippen molar-refractivity contribution < 1.29 is 17.6 Å². The first-order valence-electron chi connectivity index (χ1n) is 7.22. The lowest BCUT2D eigenvalue weighted by atomic mass is 10.2. The largest absolute Gasteiger partial charge is 0.411 e. The summed E-state index contributed by atoms with van der Waals surface area (Å²) in [5, 5.41) is 12.3. The molecule has 24 heavy (non-hydrogen) atoms. The van der Waals surface area contributed by atoms with E-state index < -0.39 is 15.1 Å². The van der Waals surface area contributed by atoms with Gasteiger partial charge in [0.1, 0.15) is 0 Å². The predicted molar refractivity (Wildman–Crippen MR) is 87.2 cm³/mol. The average Bonchev–Trinajstić information content (AvgIpc) is 3.03. The van der Waals surface area contributed by atoms with Gasteiger partial charge in [-0.05, 0) is 24.1 Å². The van der Waals surface area contributed by atoms with Crippen LogP contribution in [-0.2, 0) is 22.1 Å². The van der Waals surface area contributed by atoms with Gasteiger partial charge in [-0.3, -0.25) is 0 Å². The summed E-state index contributed by atoms with van der Waals surface area (Å²) in [5.74, 6) is -0.271. The maximum atomic E-state index is 12.3. The quantitative estimate of drug-likeness (QED) is 0.767. The van der Waals surface area contributed by atoms with E-state index in [1.807, 2.05) is 6.92 Å². The number of benzene rings is 1. The molecule has 1 aromatic carbocycles. The lowest BCUT2D eigenvalue weighted by Gasteiger charge is -2.03. The number of sulfone groups is 1. The van der Waals surface area contributed by atoms with Gasteiger partial charge in [0.15, 0.2) is 0 Å². The number of urea groups is 1. The average molecular weight is 373 g/mol. The van der Waals surface area contributed by atoms with Crippen LogP contribution in [0.25, 0.3) is 0 Å². The van der Waals surface area contributed by atoms with Crippen molar-refractivity contribution in [1.82, 2.24) is 20.8 Å². The number of hydrogen-bond donors (Lipinski definition) is 2. The third kappa shape index (κ3) is 5.20. The van der Waals surface area contributed by atoms with Crippen molar-refractivity contribution in [2.24, 2.45) is 0 Å². The molecule has 0 radical (unpaired) electrons. The molecule has 10 heteroatoms. The molecule has 0 fully saturated rings. The molecule has 0 aliphatic rings. The van der Waals surface area contributed by atoms with E-state index in [-0.39, 0.29) is 24.2 Å². The zero-order chi connectivity index (χ0) is 17.6. The second kappa shape index (κ2) is 8.11. The smallest absolute Gasteiger partial charge is 0.335 e. The number of nitrogens with one attached hydrogen (secondary N) is 2. The Hall–Kier alpha value is -2.13. The lowest BCUT2D eigenvalue weighted by Crippen LogP contribution is -2.35. The fraction of sp³-hybridized carbons (Fsp3) is 0.357. The van der Waals surface area contributed by atoms with Crippen molar-refractivity contribution in [2.45, 2.75) is 30.9 Å². The van der Waals surface area contributed by atoms with E-state index in [2.05, 4.69) is 20.8 Å². The molecule has 1 aromatic heterocycles. The first-order chi connectivity index (χ1) is 11.4. The number of nitrogens with zero attached hydrogens (tertiary/aromatic N) is 2. The molecule has 2 amide bonds. The molecule has 0 aliphatic carbocycles. The Morgan fingerprint density at radius 2 is 1.92 bits per heavy atom. The van der Waals surface area contributed by atoms with Crippen LogP contribution in [0.5, 0.6) is 0 Å². The van der Waals surface area contributed by atoms with Crippen molar-refractivity contribution in [1.29, 1.82) is 0 Å². The molecule has 0 bridgehead atoms. The molecule has 0 unspecified atom stereocenters. The van der Waals surface area contributed by atoms with Crippen LogP contribution < -0.4 is 10.6 Å². The zero-order valence-corrected chi connectivity index (χ0v) is 14.5. The van der Waals surface area contributed by atoms with Crippen molar-refractivity contribution >= 4 is 27.5 Å². The molecule has 1 heterocycles. The maximum absolute atomic E-state index is 12.3. The molecular formula is C14H17ClN4O4S. The summed E-state index contributed by atoms with van der Waals surface area (Å²) in [7, 11) is -3.77. The van der Waals surface area contributed by atoms with Crippen LogP contribution in [0.3, 0.4) is 0 Å². The molecule has 0 saturated carbocycles. The van der Waals surface area contributed by atoms with E-state index in [0.29, 0.717) is 17.1 Å². The van der Waals surface area contributed by atoms with Crippen molar-refractivity contribution in [3.05, 3.63) is 40.7 Å². The lowest BCUT2D eigenvalue weighted by molar-refractivity contribution is 0.239. The van der Waals surface area contributed by atoms with Crippen LogP contribution in [0, 0.1) is 0 Å². The number of halogens is 1. The van der Waals surface area contributed by atoms with Crippen LogP contribution >= 0.6 is 11.6 Å². The number of aromatic nitrogens is 2. The second-order valence-electron chi connectivity index (χ2n) is 4.96. The second-order valence-corrected chi connectivity index (χ2v) is 7.26. The van der Waals surface area contributed by atoms with E-state index in [9.17, 15) is 13.2 Å². The molecule has 2 rings (SSSR count). The van der Waals surface area contributed by atoms with E-state index >= 15 is 0 Å². The number of hydrogen-bond acceptors (Lipinski definition) is 6. The first-order valence-corrected chi connectivity index (χ1v) is 9.25. The molecule has 0 aliphatic heterocycles. The van der Waals surface area contributed by atoms with Gasteiger partial charge in [-0.2, -0.15) is 0 Å². The Kier molecular flexibility index (Phi) is 6.16. The Morgan fingerprint density at radius 1 is 1.21 bits per heavy atom. The summed E-state index contributed by atoms with van der Waals surface area (Å²) >= 11 is 5.77. The monoisotopic (exact) mass is 372 g/mol. The van der Waals surface area contributed by atoms with Crippen molar-refractivity contribution in [2.75, 3.05) is 6.54 Å².